The molecule has 3 aromatic rings. The molecule has 1 aliphatic rings. The Bertz CT molecular complexity index is 827. The number of nitrogens with zero attached hydrogens (tertiary/aromatic N) is 2. The third-order valence-corrected chi connectivity index (χ3v) is 4.87. The lowest BCUT2D eigenvalue weighted by atomic mass is 9.90. The van der Waals surface area contributed by atoms with Gasteiger partial charge in [-0.25, -0.2) is 0 Å². The lowest BCUT2D eigenvalue weighted by Gasteiger charge is -2.24. The van der Waals surface area contributed by atoms with Crippen LogP contribution in [0, 0.1) is 0 Å². The number of hydrogen-bond donors (Lipinski definition) is 0. The largest absolute Gasteiger partial charge is 0.288 e. The van der Waals surface area contributed by atoms with Crippen molar-refractivity contribution < 1.29 is 0 Å². The molecule has 0 heterocycles. The molecule has 0 saturated carbocycles. The average molecular weight is 340 g/mol. The fourth-order valence-corrected chi connectivity index (χ4v) is 3.59. The van der Waals surface area contributed by atoms with Gasteiger partial charge in [0.15, 0.2) is 0 Å². The molecule has 0 aromatic heterocycles. The van der Waals surface area contributed by atoms with Gasteiger partial charge in [0.05, 0.1) is 18.8 Å². The summed E-state index contributed by atoms with van der Waals surface area (Å²) >= 11 is 0. The highest BCUT2D eigenvalue weighted by molar-refractivity contribution is 6.02. The molecule has 0 radical (unpaired) electrons. The van der Waals surface area contributed by atoms with Crippen molar-refractivity contribution in [1.29, 1.82) is 0 Å². The van der Waals surface area contributed by atoms with Gasteiger partial charge in [0.1, 0.15) is 0 Å². The fraction of sp³-hybridized carbons (Fsp3) is 0.208. The van der Waals surface area contributed by atoms with Gasteiger partial charge in [-0.1, -0.05) is 84.9 Å². The summed E-state index contributed by atoms with van der Waals surface area (Å²) in [5.41, 5.74) is 6.55. The molecule has 1 aliphatic carbocycles. The van der Waals surface area contributed by atoms with Crippen LogP contribution in [0.3, 0.4) is 0 Å². The summed E-state index contributed by atoms with van der Waals surface area (Å²) in [4.78, 5) is 0. The number of aryl methyl sites for hydroxylation is 1. The van der Waals surface area contributed by atoms with E-state index in [9.17, 15) is 0 Å². The molecular formula is C24H24N2. The average Bonchev–Trinajstić information content (AvgIpc) is 2.70. The lowest BCUT2D eigenvalue weighted by Crippen LogP contribution is -2.21. The Kier molecular flexibility index (Phi) is 5.11. The fourth-order valence-electron chi connectivity index (χ4n) is 3.59. The van der Waals surface area contributed by atoms with Gasteiger partial charge >= 0.3 is 0 Å². The molecule has 0 aliphatic heterocycles. The minimum Gasteiger partial charge on any atom is -0.288 e. The van der Waals surface area contributed by atoms with Gasteiger partial charge in [0.25, 0.3) is 0 Å². The molecule has 4 rings (SSSR count). The van der Waals surface area contributed by atoms with Crippen molar-refractivity contribution in [2.75, 3.05) is 0 Å². The van der Waals surface area contributed by atoms with E-state index in [1.807, 2.05) is 0 Å². The molecule has 0 N–H and O–H groups in total. The van der Waals surface area contributed by atoms with Crippen LogP contribution >= 0.6 is 0 Å². The summed E-state index contributed by atoms with van der Waals surface area (Å²) in [5.74, 6) is 0. The van der Waals surface area contributed by atoms with E-state index in [1.54, 1.807) is 0 Å². The Labute approximate surface area is 155 Å². The minimum atomic E-state index is 0.821. The van der Waals surface area contributed by atoms with Gasteiger partial charge in [-0.15, -0.1) is 0 Å². The lowest BCUT2D eigenvalue weighted by molar-refractivity contribution is 0.270. The molecule has 0 atom stereocenters. The van der Waals surface area contributed by atoms with E-state index in [0.717, 1.165) is 25.9 Å². The molecule has 0 fully saturated rings. The molecular weight excluding hydrogens is 316 g/mol. The number of fused-ring (bicyclic) bond motifs is 1. The van der Waals surface area contributed by atoms with Crippen LogP contribution in [0.4, 0.5) is 0 Å². The van der Waals surface area contributed by atoms with Crippen molar-refractivity contribution in [3.63, 3.8) is 0 Å². The van der Waals surface area contributed by atoms with Crippen molar-refractivity contribution in [3.05, 3.63) is 107 Å². The molecule has 2 nitrogen and oxygen atoms in total. The zero-order valence-corrected chi connectivity index (χ0v) is 15.0. The molecule has 26 heavy (non-hydrogen) atoms. The van der Waals surface area contributed by atoms with Crippen LogP contribution < -0.4 is 0 Å². The second kappa shape index (κ2) is 8.01. The van der Waals surface area contributed by atoms with Gasteiger partial charge in [0, 0.05) is 5.56 Å². The predicted octanol–water partition coefficient (Wildman–Crippen LogP) is 5.43. The quantitative estimate of drug-likeness (QED) is 0.566. The Morgan fingerprint density at radius 3 is 1.88 bits per heavy atom. The molecule has 130 valence electrons. The molecule has 0 amide bonds. The van der Waals surface area contributed by atoms with Crippen molar-refractivity contribution in [2.24, 2.45) is 5.10 Å². The first-order chi connectivity index (χ1) is 12.9. The van der Waals surface area contributed by atoms with Crippen molar-refractivity contribution >= 4 is 5.71 Å². The number of rotatable bonds is 5. The zero-order valence-electron chi connectivity index (χ0n) is 15.0. The van der Waals surface area contributed by atoms with Crippen molar-refractivity contribution in [1.82, 2.24) is 5.01 Å². The maximum Gasteiger partial charge on any atom is 0.0680 e. The third kappa shape index (κ3) is 4.02. The molecule has 0 saturated heterocycles. The van der Waals surface area contributed by atoms with Gasteiger partial charge < -0.3 is 0 Å². The topological polar surface area (TPSA) is 15.6 Å². The Balaban J connectivity index is 1.64. The standard InChI is InChI=1S/C24H24N2/c1-3-10-20(11-4-1)18-26(19-21-12-5-2-6-13-21)25-24-17-9-15-22-14-7-8-16-23(22)24/h1-8,10-14,16H,9,15,17-19H2/b25-24+. The van der Waals surface area contributed by atoms with Crippen LogP contribution in [0.5, 0.6) is 0 Å². The predicted molar refractivity (Wildman–Crippen MR) is 108 cm³/mol. The Morgan fingerprint density at radius 1 is 0.654 bits per heavy atom. The first kappa shape index (κ1) is 16.6. The number of hydrogen-bond acceptors (Lipinski definition) is 2. The van der Waals surface area contributed by atoms with Crippen LogP contribution in [0.15, 0.2) is 90.0 Å². The van der Waals surface area contributed by atoms with Gasteiger partial charge in [-0.05, 0) is 36.0 Å². The van der Waals surface area contributed by atoms with Gasteiger partial charge in [-0.3, -0.25) is 5.01 Å². The summed E-state index contributed by atoms with van der Waals surface area (Å²) in [5, 5.41) is 7.33. The van der Waals surface area contributed by atoms with E-state index in [-0.39, 0.29) is 0 Å². The van der Waals surface area contributed by atoms with Crippen LogP contribution in [-0.2, 0) is 19.5 Å². The SMILES string of the molecule is c1ccc(CN(Cc2ccccc2)/N=C2\CCCc3ccccc32)cc1. The van der Waals surface area contributed by atoms with E-state index in [0.29, 0.717) is 0 Å². The van der Waals surface area contributed by atoms with E-state index in [4.69, 9.17) is 5.10 Å². The van der Waals surface area contributed by atoms with Crippen LogP contribution in [0.1, 0.15) is 35.1 Å². The van der Waals surface area contributed by atoms with E-state index in [1.165, 1.54) is 34.4 Å². The number of benzene rings is 3. The second-order valence-corrected chi connectivity index (χ2v) is 6.85. The smallest absolute Gasteiger partial charge is 0.0680 e. The summed E-state index contributed by atoms with van der Waals surface area (Å²) in [6, 6.07) is 29.9. The minimum absolute atomic E-state index is 0.821. The molecule has 0 unspecified atom stereocenters. The monoisotopic (exact) mass is 340 g/mol. The molecule has 2 heteroatoms. The maximum atomic E-state index is 5.12. The van der Waals surface area contributed by atoms with Crippen molar-refractivity contribution in [2.45, 2.75) is 32.4 Å². The zero-order chi connectivity index (χ0) is 17.6. The van der Waals surface area contributed by atoms with E-state index < -0.39 is 0 Å². The maximum absolute atomic E-state index is 5.12. The molecule has 3 aromatic carbocycles. The van der Waals surface area contributed by atoms with Gasteiger partial charge in [0.2, 0.25) is 0 Å². The van der Waals surface area contributed by atoms with Gasteiger partial charge in [-0.2, -0.15) is 5.10 Å². The highest BCUT2D eigenvalue weighted by Crippen LogP contribution is 2.23. The Morgan fingerprint density at radius 2 is 1.23 bits per heavy atom. The van der Waals surface area contributed by atoms with E-state index in [2.05, 4.69) is 89.9 Å². The van der Waals surface area contributed by atoms with Crippen LogP contribution in [0.2, 0.25) is 0 Å². The second-order valence-electron chi connectivity index (χ2n) is 6.85. The summed E-state index contributed by atoms with van der Waals surface area (Å²) in [6.07, 6.45) is 3.39. The van der Waals surface area contributed by atoms with E-state index >= 15 is 0 Å². The first-order valence-electron chi connectivity index (χ1n) is 9.37. The molecule has 0 spiro atoms. The normalized spacial score (nSPS) is 14.8. The third-order valence-electron chi connectivity index (χ3n) is 4.87. The highest BCUT2D eigenvalue weighted by atomic mass is 15.4. The van der Waals surface area contributed by atoms with Crippen molar-refractivity contribution in [3.8, 4) is 0 Å². The summed E-state index contributed by atoms with van der Waals surface area (Å²) < 4.78 is 0. The summed E-state index contributed by atoms with van der Waals surface area (Å²) in [6.45, 7) is 1.64. The number of hydrazone groups is 1. The van der Waals surface area contributed by atoms with Crippen LogP contribution in [-0.4, -0.2) is 10.7 Å². The highest BCUT2D eigenvalue weighted by Gasteiger charge is 2.16. The summed E-state index contributed by atoms with van der Waals surface area (Å²) in [7, 11) is 0. The van der Waals surface area contributed by atoms with Crippen LogP contribution in [0.25, 0.3) is 0 Å². The first-order valence-corrected chi connectivity index (χ1v) is 9.37. The molecule has 0 bridgehead atoms. The Hall–Kier alpha value is -2.87.